The Morgan fingerprint density at radius 2 is 2.00 bits per heavy atom. The van der Waals surface area contributed by atoms with Gasteiger partial charge in [-0.3, -0.25) is 0 Å². The molecule has 0 spiro atoms. The minimum absolute atomic E-state index is 0.163. The van der Waals surface area contributed by atoms with Crippen LogP contribution in [0.25, 0.3) is 11.0 Å². The summed E-state index contributed by atoms with van der Waals surface area (Å²) in [6.45, 7) is 2.19. The van der Waals surface area contributed by atoms with Crippen LogP contribution in [0.5, 0.6) is 0 Å². The van der Waals surface area contributed by atoms with Crippen LogP contribution in [0.2, 0.25) is 0 Å². The van der Waals surface area contributed by atoms with Crippen molar-refractivity contribution in [1.82, 2.24) is 9.55 Å². The van der Waals surface area contributed by atoms with Gasteiger partial charge in [-0.2, -0.15) is 8.78 Å². The van der Waals surface area contributed by atoms with E-state index in [0.29, 0.717) is 11.0 Å². The smallest absolute Gasteiger partial charge is 0.320 e. The number of hydrogen-bond donors (Lipinski definition) is 0. The quantitative estimate of drug-likeness (QED) is 0.599. The third-order valence-corrected chi connectivity index (χ3v) is 3.25. The van der Waals surface area contributed by atoms with E-state index in [0.717, 1.165) is 10.1 Å². The highest BCUT2D eigenvalue weighted by Crippen LogP contribution is 2.31. The van der Waals surface area contributed by atoms with Crippen molar-refractivity contribution in [3.63, 3.8) is 0 Å². The van der Waals surface area contributed by atoms with Crippen LogP contribution in [0.3, 0.4) is 0 Å². The fraction of sp³-hybridized carbons (Fsp3) is 0.462. The van der Waals surface area contributed by atoms with Crippen LogP contribution in [-0.2, 0) is 6.54 Å². The van der Waals surface area contributed by atoms with Crippen LogP contribution in [-0.4, -0.2) is 21.9 Å². The predicted octanol–water partition coefficient (Wildman–Crippen LogP) is 4.54. The molecule has 0 amide bonds. The normalized spacial score (nSPS) is 14.2. The van der Waals surface area contributed by atoms with Gasteiger partial charge in [0.05, 0.1) is 23.0 Å². The van der Waals surface area contributed by atoms with Crippen molar-refractivity contribution in [1.29, 1.82) is 0 Å². The fourth-order valence-electron chi connectivity index (χ4n) is 2.05. The molecule has 1 atom stereocenters. The minimum atomic E-state index is -4.13. The zero-order valence-electron chi connectivity index (χ0n) is 10.9. The van der Waals surface area contributed by atoms with Gasteiger partial charge in [0.2, 0.25) is 0 Å². The number of aromatic nitrogens is 2. The van der Waals surface area contributed by atoms with E-state index < -0.39 is 24.3 Å². The second kappa shape index (κ2) is 5.24. The molecule has 20 heavy (non-hydrogen) atoms. The van der Waals surface area contributed by atoms with Gasteiger partial charge < -0.3 is 4.57 Å². The van der Waals surface area contributed by atoms with E-state index in [4.69, 9.17) is 11.6 Å². The second-order valence-electron chi connectivity index (χ2n) is 4.68. The highest BCUT2D eigenvalue weighted by atomic mass is 35.5. The lowest BCUT2D eigenvalue weighted by Gasteiger charge is -2.18. The first-order valence-corrected chi connectivity index (χ1v) is 6.43. The number of halogens is 5. The summed E-state index contributed by atoms with van der Waals surface area (Å²) >= 11 is 5.92. The number of imidazole rings is 1. The van der Waals surface area contributed by atoms with E-state index in [2.05, 4.69) is 4.98 Å². The fourth-order valence-corrected chi connectivity index (χ4v) is 2.22. The molecule has 0 fully saturated rings. The summed E-state index contributed by atoms with van der Waals surface area (Å²) in [5, 5.41) is -0.657. The molecule has 0 saturated heterocycles. The standard InChI is InChI=1S/C13H13ClF4N2/c1-7-4-3-5-9-10(7)19-11(8(2)14)20(9)6-13(17,18)12(15)16/h3-5,8,12H,6H2,1-2H3. The first kappa shape index (κ1) is 15.1. The molecule has 110 valence electrons. The number of benzene rings is 1. The molecule has 0 radical (unpaired) electrons. The molecular weight excluding hydrogens is 296 g/mol. The van der Waals surface area contributed by atoms with Crippen molar-refractivity contribution in [2.24, 2.45) is 0 Å². The van der Waals surface area contributed by atoms with Gasteiger partial charge in [-0.25, -0.2) is 13.8 Å². The maximum atomic E-state index is 13.3. The van der Waals surface area contributed by atoms with Gasteiger partial charge >= 0.3 is 12.3 Å². The van der Waals surface area contributed by atoms with Gasteiger partial charge in [0.15, 0.2) is 0 Å². The summed E-state index contributed by atoms with van der Waals surface area (Å²) < 4.78 is 52.6. The van der Waals surface area contributed by atoms with Crippen LogP contribution < -0.4 is 0 Å². The predicted molar refractivity (Wildman–Crippen MR) is 69.7 cm³/mol. The molecule has 0 aliphatic rings. The highest BCUT2D eigenvalue weighted by molar-refractivity contribution is 6.20. The zero-order valence-corrected chi connectivity index (χ0v) is 11.6. The van der Waals surface area contributed by atoms with E-state index in [9.17, 15) is 17.6 Å². The molecule has 2 rings (SSSR count). The van der Waals surface area contributed by atoms with Crippen LogP contribution in [0.4, 0.5) is 17.6 Å². The van der Waals surface area contributed by atoms with Crippen LogP contribution in [0, 0.1) is 6.92 Å². The first-order valence-electron chi connectivity index (χ1n) is 6.00. The van der Waals surface area contributed by atoms with E-state index in [-0.39, 0.29) is 5.82 Å². The Kier molecular flexibility index (Phi) is 3.95. The molecule has 1 unspecified atom stereocenters. The lowest BCUT2D eigenvalue weighted by atomic mass is 10.2. The highest BCUT2D eigenvalue weighted by Gasteiger charge is 2.42. The summed E-state index contributed by atoms with van der Waals surface area (Å²) in [5.41, 5.74) is 1.66. The van der Waals surface area contributed by atoms with Crippen molar-refractivity contribution < 1.29 is 17.6 Å². The molecular formula is C13H13ClF4N2. The lowest BCUT2D eigenvalue weighted by molar-refractivity contribution is -0.137. The lowest BCUT2D eigenvalue weighted by Crippen LogP contribution is -2.32. The van der Waals surface area contributed by atoms with Crippen molar-refractivity contribution >= 4 is 22.6 Å². The van der Waals surface area contributed by atoms with Gasteiger partial charge in [-0.1, -0.05) is 12.1 Å². The molecule has 1 heterocycles. The number of para-hydroxylation sites is 1. The Labute approximate surface area is 118 Å². The van der Waals surface area contributed by atoms with Gasteiger partial charge in [-0.15, -0.1) is 11.6 Å². The van der Waals surface area contributed by atoms with E-state index in [1.165, 1.54) is 0 Å². The van der Waals surface area contributed by atoms with Crippen LogP contribution >= 0.6 is 11.6 Å². The summed E-state index contributed by atoms with van der Waals surface area (Å²) in [6, 6.07) is 5.01. The molecule has 2 aromatic rings. The molecule has 2 nitrogen and oxygen atoms in total. The Morgan fingerprint density at radius 1 is 1.35 bits per heavy atom. The van der Waals surface area contributed by atoms with Crippen LogP contribution in [0.1, 0.15) is 23.7 Å². The SMILES string of the molecule is Cc1cccc2c1nc(C(C)Cl)n2CC(F)(F)C(F)F. The third kappa shape index (κ3) is 2.61. The second-order valence-corrected chi connectivity index (χ2v) is 5.33. The molecule has 0 aliphatic carbocycles. The van der Waals surface area contributed by atoms with Gasteiger partial charge in [0.25, 0.3) is 0 Å². The zero-order chi connectivity index (χ0) is 15.1. The largest absolute Gasteiger partial charge is 0.324 e. The van der Waals surface area contributed by atoms with E-state index in [1.807, 2.05) is 0 Å². The summed E-state index contributed by atoms with van der Waals surface area (Å²) in [7, 11) is 0. The van der Waals surface area contributed by atoms with E-state index >= 15 is 0 Å². The first-order chi connectivity index (χ1) is 9.24. The summed E-state index contributed by atoms with van der Waals surface area (Å²) in [4.78, 5) is 4.21. The molecule has 0 bridgehead atoms. The Balaban J connectivity index is 2.61. The topological polar surface area (TPSA) is 17.8 Å². The van der Waals surface area contributed by atoms with Gasteiger partial charge in [0, 0.05) is 0 Å². The van der Waals surface area contributed by atoms with E-state index in [1.54, 1.807) is 32.0 Å². The summed E-state index contributed by atoms with van der Waals surface area (Å²) in [6.07, 6.45) is -3.73. The number of alkyl halides is 5. The van der Waals surface area contributed by atoms with Gasteiger partial charge in [0.1, 0.15) is 5.82 Å². The Bertz CT molecular complexity index is 622. The molecule has 1 aromatic carbocycles. The van der Waals surface area contributed by atoms with Crippen molar-refractivity contribution in [2.45, 2.75) is 38.1 Å². The molecule has 1 aromatic heterocycles. The maximum absolute atomic E-state index is 13.3. The van der Waals surface area contributed by atoms with Crippen molar-refractivity contribution in [3.8, 4) is 0 Å². The number of aryl methyl sites for hydroxylation is 1. The van der Waals surface area contributed by atoms with Crippen molar-refractivity contribution in [3.05, 3.63) is 29.6 Å². The number of hydrogen-bond acceptors (Lipinski definition) is 1. The summed E-state index contributed by atoms with van der Waals surface area (Å²) in [5.74, 6) is -3.96. The monoisotopic (exact) mass is 308 g/mol. The average Bonchev–Trinajstić information content (AvgIpc) is 2.69. The molecule has 0 aliphatic heterocycles. The number of rotatable bonds is 4. The minimum Gasteiger partial charge on any atom is -0.320 e. The molecule has 0 N–H and O–H groups in total. The molecule has 7 heteroatoms. The Morgan fingerprint density at radius 3 is 2.55 bits per heavy atom. The van der Waals surface area contributed by atoms with Crippen molar-refractivity contribution in [2.75, 3.05) is 0 Å². The number of nitrogens with zero attached hydrogens (tertiary/aromatic N) is 2. The molecule has 0 saturated carbocycles. The average molecular weight is 309 g/mol. The number of fused-ring (bicyclic) bond motifs is 1. The maximum Gasteiger partial charge on any atom is 0.324 e. The Hall–Kier alpha value is -1.30. The van der Waals surface area contributed by atoms with Crippen LogP contribution in [0.15, 0.2) is 18.2 Å². The third-order valence-electron chi connectivity index (χ3n) is 3.05. The van der Waals surface area contributed by atoms with Gasteiger partial charge in [-0.05, 0) is 25.5 Å².